The minimum absolute atomic E-state index is 0.177. The molecule has 32 heavy (non-hydrogen) atoms. The Balaban J connectivity index is 0.00000466. The van der Waals surface area contributed by atoms with Crippen LogP contribution in [0.3, 0.4) is 0 Å². The fourth-order valence-corrected chi connectivity index (χ4v) is 3.12. The normalized spacial score (nSPS) is 19.2. The molecule has 1 fully saturated rings. The summed E-state index contributed by atoms with van der Waals surface area (Å²) in [4.78, 5) is 33.4. The van der Waals surface area contributed by atoms with E-state index in [1.165, 1.54) is 0 Å². The number of esters is 2. The summed E-state index contributed by atoms with van der Waals surface area (Å²) >= 11 is 0. The van der Waals surface area contributed by atoms with Crippen molar-refractivity contribution in [2.24, 2.45) is 0 Å². The Morgan fingerprint density at radius 3 is 1.06 bits per heavy atom. The second kappa shape index (κ2) is 14.8. The quantitative estimate of drug-likeness (QED) is 0.594. The Bertz CT molecular complexity index is 479. The van der Waals surface area contributed by atoms with Crippen LogP contribution in [0.15, 0.2) is 0 Å². The van der Waals surface area contributed by atoms with Gasteiger partial charge in [-0.2, -0.15) is 0 Å². The third-order valence-corrected chi connectivity index (χ3v) is 4.74. The lowest BCUT2D eigenvalue weighted by Crippen LogP contribution is -2.47. The van der Waals surface area contributed by atoms with Crippen molar-refractivity contribution < 1.29 is 19.1 Å². The number of ether oxygens (including phenoxy) is 2. The Hall–Kier alpha value is -1.22. The van der Waals surface area contributed by atoms with Crippen LogP contribution in [0.4, 0.5) is 0 Å². The van der Waals surface area contributed by atoms with Gasteiger partial charge in [0.05, 0.1) is 13.1 Å². The molecule has 0 amide bonds. The van der Waals surface area contributed by atoms with Crippen molar-refractivity contribution >= 4 is 11.9 Å². The predicted octanol–water partition coefficient (Wildman–Crippen LogP) is 2.18. The van der Waals surface area contributed by atoms with Gasteiger partial charge in [-0.3, -0.25) is 19.4 Å². The van der Waals surface area contributed by atoms with E-state index < -0.39 is 11.2 Å². The van der Waals surface area contributed by atoms with E-state index in [0.717, 1.165) is 52.4 Å². The van der Waals surface area contributed by atoms with Crippen LogP contribution in [0.25, 0.3) is 0 Å². The molecule has 0 aromatic carbocycles. The lowest BCUT2D eigenvalue weighted by Gasteiger charge is -2.32. The second-order valence-electron chi connectivity index (χ2n) is 10.3. The van der Waals surface area contributed by atoms with Gasteiger partial charge in [0.2, 0.25) is 0 Å². The molecule has 1 heterocycles. The molecule has 0 radical (unpaired) electrons. The summed E-state index contributed by atoms with van der Waals surface area (Å²) in [5.74, 6) is -0.355. The number of rotatable bonds is 4. The molecule has 0 aromatic heterocycles. The lowest BCUT2D eigenvalue weighted by atomic mass is 10.2. The van der Waals surface area contributed by atoms with Gasteiger partial charge in [-0.25, -0.2) is 0 Å². The highest BCUT2D eigenvalue weighted by molar-refractivity contribution is 5.72. The molecule has 0 aliphatic carbocycles. The number of nitrogens with zero attached hydrogens (tertiary/aromatic N) is 4. The minimum atomic E-state index is -0.464. The second-order valence-corrected chi connectivity index (χ2v) is 10.3. The molecule has 0 N–H and O–H groups in total. The zero-order valence-electron chi connectivity index (χ0n) is 22.5. The van der Waals surface area contributed by atoms with Gasteiger partial charge >= 0.3 is 11.9 Å². The summed E-state index contributed by atoms with van der Waals surface area (Å²) in [6.07, 6.45) is 0. The first-order chi connectivity index (χ1) is 14.7. The van der Waals surface area contributed by atoms with E-state index in [9.17, 15) is 9.59 Å². The van der Waals surface area contributed by atoms with Crippen LogP contribution in [0.1, 0.15) is 55.4 Å². The molecule has 0 aromatic rings. The molecule has 190 valence electrons. The van der Waals surface area contributed by atoms with E-state index in [-0.39, 0.29) is 11.9 Å². The maximum absolute atomic E-state index is 12.3. The molecule has 0 bridgehead atoms. The molecule has 1 saturated heterocycles. The van der Waals surface area contributed by atoms with Crippen molar-refractivity contribution in [3.05, 3.63) is 0 Å². The van der Waals surface area contributed by atoms with Crippen LogP contribution < -0.4 is 0 Å². The molecular weight excluding hydrogens is 408 g/mol. The van der Waals surface area contributed by atoms with Crippen molar-refractivity contribution in [1.82, 2.24) is 19.6 Å². The fraction of sp³-hybridized carbons (Fsp3) is 0.917. The number of carbonyl (C=O) groups is 2. The van der Waals surface area contributed by atoms with E-state index >= 15 is 0 Å². The van der Waals surface area contributed by atoms with E-state index in [4.69, 9.17) is 9.47 Å². The van der Waals surface area contributed by atoms with E-state index in [1.54, 1.807) is 0 Å². The maximum Gasteiger partial charge on any atom is 0.320 e. The van der Waals surface area contributed by atoms with Gasteiger partial charge in [0.1, 0.15) is 11.2 Å². The van der Waals surface area contributed by atoms with Crippen molar-refractivity contribution in [3.8, 4) is 0 Å². The molecule has 8 heteroatoms. The first kappa shape index (κ1) is 30.8. The average Bonchev–Trinajstić information content (AvgIpc) is 2.63. The summed E-state index contributed by atoms with van der Waals surface area (Å²) < 4.78 is 11.0. The highest BCUT2D eigenvalue weighted by Gasteiger charge is 2.22. The third-order valence-electron chi connectivity index (χ3n) is 4.74. The van der Waals surface area contributed by atoms with E-state index in [1.807, 2.05) is 55.4 Å². The Kier molecular flexibility index (Phi) is 14.3. The number of hydrogen-bond acceptors (Lipinski definition) is 8. The van der Waals surface area contributed by atoms with Gasteiger partial charge < -0.3 is 19.3 Å². The van der Waals surface area contributed by atoms with Crippen molar-refractivity contribution in [2.75, 3.05) is 79.5 Å². The number of hydrogen-bond donors (Lipinski definition) is 0. The molecule has 0 saturated carbocycles. The molecule has 0 unspecified atom stereocenters. The standard InChI is InChI=1S/C22H44N4O4.C2H6/c1-21(2,3)29-19(27)17-25-13-9-23(7)11-15-26(16-12-24(8)10-14-25)18-20(28)30-22(4,5)6;1-2/h9-18H2,1-8H3;1-2H3. The zero-order chi connectivity index (χ0) is 24.9. The van der Waals surface area contributed by atoms with Gasteiger partial charge in [-0.15, -0.1) is 0 Å². The SMILES string of the molecule is CC.CN1CCN(CC(=O)OC(C)(C)C)CCN(C)CCN(CC(=O)OC(C)(C)C)CC1. The molecule has 8 nitrogen and oxygen atoms in total. The van der Waals surface area contributed by atoms with Crippen LogP contribution in [0.2, 0.25) is 0 Å². The molecule has 1 aliphatic rings. The summed E-state index contributed by atoms with van der Waals surface area (Å²) in [6, 6.07) is 0. The zero-order valence-corrected chi connectivity index (χ0v) is 22.5. The highest BCUT2D eigenvalue weighted by Crippen LogP contribution is 2.09. The van der Waals surface area contributed by atoms with Gasteiger partial charge in [0, 0.05) is 52.4 Å². The maximum atomic E-state index is 12.3. The molecule has 1 rings (SSSR count). The third kappa shape index (κ3) is 16.4. The molecular formula is C24H50N4O4. The summed E-state index contributed by atoms with van der Waals surface area (Å²) in [7, 11) is 4.16. The van der Waals surface area contributed by atoms with E-state index in [0.29, 0.717) is 13.1 Å². The summed E-state index contributed by atoms with van der Waals surface area (Å²) in [6.45, 7) is 22.6. The molecule has 1 aliphatic heterocycles. The Morgan fingerprint density at radius 1 is 0.594 bits per heavy atom. The van der Waals surface area contributed by atoms with Crippen LogP contribution in [0, 0.1) is 0 Å². The summed E-state index contributed by atoms with van der Waals surface area (Å²) in [5, 5.41) is 0. The van der Waals surface area contributed by atoms with Crippen LogP contribution in [0.5, 0.6) is 0 Å². The average molecular weight is 459 g/mol. The largest absolute Gasteiger partial charge is 0.459 e. The topological polar surface area (TPSA) is 65.6 Å². The number of likely N-dealkylation sites (N-methyl/N-ethyl adjacent to an activating group) is 2. The van der Waals surface area contributed by atoms with Crippen LogP contribution >= 0.6 is 0 Å². The van der Waals surface area contributed by atoms with Crippen LogP contribution in [-0.4, -0.2) is 122 Å². The number of carbonyl (C=O) groups excluding carboxylic acids is 2. The molecule has 0 spiro atoms. The first-order valence-electron chi connectivity index (χ1n) is 12.0. The smallest absolute Gasteiger partial charge is 0.320 e. The van der Waals surface area contributed by atoms with E-state index in [2.05, 4.69) is 33.7 Å². The van der Waals surface area contributed by atoms with Gasteiger partial charge in [-0.1, -0.05) is 13.8 Å². The minimum Gasteiger partial charge on any atom is -0.459 e. The van der Waals surface area contributed by atoms with Crippen molar-refractivity contribution in [2.45, 2.75) is 66.6 Å². The van der Waals surface area contributed by atoms with Gasteiger partial charge in [0.15, 0.2) is 0 Å². The van der Waals surface area contributed by atoms with Gasteiger partial charge in [-0.05, 0) is 55.6 Å². The first-order valence-corrected chi connectivity index (χ1v) is 12.0. The van der Waals surface area contributed by atoms with Crippen LogP contribution in [-0.2, 0) is 19.1 Å². The fourth-order valence-electron chi connectivity index (χ4n) is 3.12. The summed E-state index contributed by atoms with van der Waals surface area (Å²) in [5.41, 5.74) is -0.927. The lowest BCUT2D eigenvalue weighted by molar-refractivity contribution is -0.157. The highest BCUT2D eigenvalue weighted by atomic mass is 16.6. The Morgan fingerprint density at radius 2 is 0.844 bits per heavy atom. The molecule has 0 atom stereocenters. The predicted molar refractivity (Wildman–Crippen MR) is 131 cm³/mol. The van der Waals surface area contributed by atoms with Crippen molar-refractivity contribution in [3.63, 3.8) is 0 Å². The van der Waals surface area contributed by atoms with Crippen molar-refractivity contribution in [1.29, 1.82) is 0 Å². The van der Waals surface area contributed by atoms with Gasteiger partial charge in [0.25, 0.3) is 0 Å². The Labute approximate surface area is 197 Å². The monoisotopic (exact) mass is 458 g/mol.